The minimum absolute atomic E-state index is 0.0265. The minimum atomic E-state index is -1.53. The van der Waals surface area contributed by atoms with Gasteiger partial charge >= 0.3 is 5.97 Å². The number of rotatable bonds is 10. The zero-order valence-electron chi connectivity index (χ0n) is 23.2. The van der Waals surface area contributed by atoms with Crippen LogP contribution in [0.25, 0.3) is 0 Å². The van der Waals surface area contributed by atoms with Gasteiger partial charge in [0.25, 0.3) is 0 Å². The lowest BCUT2D eigenvalue weighted by Crippen LogP contribution is -2.58. The highest BCUT2D eigenvalue weighted by molar-refractivity contribution is 5.92. The van der Waals surface area contributed by atoms with Gasteiger partial charge in [-0.1, -0.05) is 19.4 Å². The minimum Gasteiger partial charge on any atom is -0.458 e. The Morgan fingerprint density at radius 2 is 1.74 bits per heavy atom. The summed E-state index contributed by atoms with van der Waals surface area (Å²) < 4.78 is 15.2. The normalized spacial score (nSPS) is 36.1. The quantitative estimate of drug-likeness (QED) is 0.324. The van der Waals surface area contributed by atoms with Gasteiger partial charge in [-0.2, -0.15) is 0 Å². The summed E-state index contributed by atoms with van der Waals surface area (Å²) in [7, 11) is 2.92. The van der Waals surface area contributed by atoms with Crippen molar-refractivity contribution in [1.82, 2.24) is 5.32 Å². The van der Waals surface area contributed by atoms with E-state index in [4.69, 9.17) is 14.2 Å². The summed E-state index contributed by atoms with van der Waals surface area (Å²) in [6, 6.07) is 0. The molecule has 0 spiro atoms. The molecule has 2 N–H and O–H groups in total. The van der Waals surface area contributed by atoms with Gasteiger partial charge in [-0.25, -0.2) is 0 Å². The predicted molar refractivity (Wildman–Crippen MR) is 138 cm³/mol. The first-order chi connectivity index (χ1) is 18.0. The summed E-state index contributed by atoms with van der Waals surface area (Å²) in [4.78, 5) is 49.6. The van der Waals surface area contributed by atoms with Crippen LogP contribution in [0.3, 0.4) is 0 Å². The van der Waals surface area contributed by atoms with Crippen molar-refractivity contribution in [3.05, 3.63) is 11.6 Å². The van der Waals surface area contributed by atoms with E-state index in [0.717, 1.165) is 38.5 Å². The van der Waals surface area contributed by atoms with Gasteiger partial charge in [0.2, 0.25) is 11.7 Å². The fraction of sp³-hybridized carbons (Fsp3) is 0.793. The van der Waals surface area contributed by atoms with Gasteiger partial charge in [0.1, 0.15) is 5.60 Å². The zero-order valence-corrected chi connectivity index (χ0v) is 23.2. The van der Waals surface area contributed by atoms with Gasteiger partial charge in [-0.15, -0.1) is 0 Å². The van der Waals surface area contributed by atoms with E-state index in [1.807, 2.05) is 13.0 Å². The first-order valence-electron chi connectivity index (χ1n) is 14.0. The number of ether oxygens (including phenoxy) is 3. The van der Waals surface area contributed by atoms with Crippen molar-refractivity contribution in [2.45, 2.75) is 89.9 Å². The molecule has 1 amide bonds. The molecule has 0 heterocycles. The van der Waals surface area contributed by atoms with Crippen LogP contribution in [0.5, 0.6) is 0 Å². The summed E-state index contributed by atoms with van der Waals surface area (Å²) in [6.45, 7) is 4.01. The first kappa shape index (κ1) is 28.9. The average molecular weight is 534 g/mol. The summed E-state index contributed by atoms with van der Waals surface area (Å²) in [6.07, 6.45) is 7.23. The zero-order chi connectivity index (χ0) is 27.7. The molecule has 3 saturated carbocycles. The lowest BCUT2D eigenvalue weighted by atomic mass is 9.46. The van der Waals surface area contributed by atoms with Crippen molar-refractivity contribution in [3.8, 4) is 0 Å². The Kier molecular flexibility index (Phi) is 8.50. The van der Waals surface area contributed by atoms with Gasteiger partial charge in [-0.3, -0.25) is 19.2 Å². The van der Waals surface area contributed by atoms with Crippen molar-refractivity contribution in [3.63, 3.8) is 0 Å². The summed E-state index contributed by atoms with van der Waals surface area (Å²) >= 11 is 0. The highest BCUT2D eigenvalue weighted by atomic mass is 16.7. The van der Waals surface area contributed by atoms with Crippen molar-refractivity contribution < 1.29 is 38.5 Å². The molecule has 0 bridgehead atoms. The van der Waals surface area contributed by atoms with E-state index in [1.165, 1.54) is 19.8 Å². The molecule has 9 nitrogen and oxygen atoms in total. The molecule has 0 unspecified atom stereocenters. The summed E-state index contributed by atoms with van der Waals surface area (Å²) in [5.74, 6) is -0.141. The molecule has 212 valence electrons. The fourth-order valence-corrected chi connectivity index (χ4v) is 8.14. The molecular formula is C29H43NO8. The Bertz CT molecular complexity index is 989. The van der Waals surface area contributed by atoms with E-state index in [1.54, 1.807) is 0 Å². The monoisotopic (exact) mass is 533 g/mol. The van der Waals surface area contributed by atoms with Crippen LogP contribution in [0, 0.1) is 28.6 Å². The van der Waals surface area contributed by atoms with Gasteiger partial charge in [-0.05, 0) is 74.2 Å². The second kappa shape index (κ2) is 11.2. The molecule has 4 rings (SSSR count). The Balaban J connectivity index is 1.33. The third-order valence-electron chi connectivity index (χ3n) is 10.5. The van der Waals surface area contributed by atoms with Crippen LogP contribution < -0.4 is 5.32 Å². The molecule has 0 aromatic carbocycles. The molecular weight excluding hydrogens is 490 g/mol. The van der Waals surface area contributed by atoms with Crippen molar-refractivity contribution in [1.29, 1.82) is 0 Å². The second-order valence-corrected chi connectivity index (χ2v) is 12.1. The van der Waals surface area contributed by atoms with Crippen molar-refractivity contribution >= 4 is 23.4 Å². The molecule has 3 fully saturated rings. The SMILES string of the molecule is COC(CNC(=O)CCC(=O)OCC(=O)[C@@]1(O)CC[C@@H]2[C@@H]3CCC4=CC(=O)CC[C@]4(C)[C@H]3CC[C@@]21C)OC. The molecule has 0 aromatic rings. The van der Waals surface area contributed by atoms with Crippen LogP contribution in [-0.2, 0) is 33.4 Å². The number of carbonyl (C=O) groups excluding carboxylic acids is 4. The lowest BCUT2D eigenvalue weighted by Gasteiger charge is -2.58. The maximum absolute atomic E-state index is 13.3. The van der Waals surface area contributed by atoms with Crippen LogP contribution in [-0.4, -0.2) is 67.8 Å². The Hall–Kier alpha value is -2.10. The molecule has 38 heavy (non-hydrogen) atoms. The van der Waals surface area contributed by atoms with Crippen LogP contribution in [0.15, 0.2) is 11.6 Å². The number of carbonyl (C=O) groups is 4. The van der Waals surface area contributed by atoms with Gasteiger partial charge in [0.05, 0.1) is 13.0 Å². The molecule has 6 atom stereocenters. The largest absolute Gasteiger partial charge is 0.458 e. The number of fused-ring (bicyclic) bond motifs is 5. The molecule has 0 radical (unpaired) electrons. The Labute approximate surface area is 225 Å². The smallest absolute Gasteiger partial charge is 0.306 e. The van der Waals surface area contributed by atoms with Gasteiger partial charge < -0.3 is 24.6 Å². The van der Waals surface area contributed by atoms with Crippen LogP contribution in [0.2, 0.25) is 0 Å². The van der Waals surface area contributed by atoms with E-state index >= 15 is 0 Å². The van der Waals surface area contributed by atoms with Crippen molar-refractivity contribution in [2.75, 3.05) is 27.4 Å². The number of hydrogen-bond acceptors (Lipinski definition) is 8. The third kappa shape index (κ3) is 5.09. The van der Waals surface area contributed by atoms with E-state index in [0.29, 0.717) is 24.7 Å². The van der Waals surface area contributed by atoms with E-state index in [2.05, 4.69) is 12.2 Å². The van der Waals surface area contributed by atoms with E-state index in [9.17, 15) is 24.3 Å². The van der Waals surface area contributed by atoms with Gasteiger partial charge in [0, 0.05) is 32.5 Å². The van der Waals surface area contributed by atoms with Crippen LogP contribution in [0.4, 0.5) is 0 Å². The highest BCUT2D eigenvalue weighted by Crippen LogP contribution is 2.67. The lowest BCUT2D eigenvalue weighted by molar-refractivity contribution is -0.170. The molecule has 9 heteroatoms. The number of methoxy groups -OCH3 is 2. The number of ketones is 2. The third-order valence-corrected chi connectivity index (χ3v) is 10.5. The predicted octanol–water partition coefficient (Wildman–Crippen LogP) is 2.88. The number of allylic oxidation sites excluding steroid dienone is 1. The number of amides is 1. The maximum atomic E-state index is 13.3. The summed E-state index contributed by atoms with van der Waals surface area (Å²) in [5, 5.41) is 14.4. The molecule has 4 aliphatic carbocycles. The standard InChI is InChI=1S/C29H43NO8/c1-27-12-9-19(31)15-18(27)5-6-20-21(27)10-13-28(2)22(20)11-14-29(28,35)23(32)17-38-25(34)8-7-24(33)30-16-26(36-3)37-4/h15,20-22,26,35H,5-14,16-17H2,1-4H3,(H,30,33)/t20-,21+,22-,27+,28+,29+/m1/s1. The number of esters is 1. The fourth-order valence-electron chi connectivity index (χ4n) is 8.14. The van der Waals surface area contributed by atoms with E-state index in [-0.39, 0.29) is 42.4 Å². The number of aliphatic hydroxyl groups is 1. The highest BCUT2D eigenvalue weighted by Gasteiger charge is 2.66. The Morgan fingerprint density at radius 1 is 1.03 bits per heavy atom. The Morgan fingerprint density at radius 3 is 2.45 bits per heavy atom. The maximum Gasteiger partial charge on any atom is 0.306 e. The molecule has 0 aromatic heterocycles. The molecule has 0 saturated heterocycles. The summed E-state index contributed by atoms with van der Waals surface area (Å²) in [5.41, 5.74) is -0.784. The number of Topliss-reactive ketones (excluding diaryl/α,β-unsaturated/α-hetero) is 1. The van der Waals surface area contributed by atoms with Crippen LogP contribution >= 0.6 is 0 Å². The van der Waals surface area contributed by atoms with E-state index < -0.39 is 35.7 Å². The van der Waals surface area contributed by atoms with Gasteiger partial charge in [0.15, 0.2) is 18.7 Å². The van der Waals surface area contributed by atoms with Crippen molar-refractivity contribution in [2.24, 2.45) is 28.6 Å². The molecule has 0 aliphatic heterocycles. The first-order valence-corrected chi connectivity index (χ1v) is 14.0. The number of nitrogens with one attached hydrogen (secondary N) is 1. The van der Waals surface area contributed by atoms with Crippen LogP contribution in [0.1, 0.15) is 78.1 Å². The molecule has 4 aliphatic rings. The topological polar surface area (TPSA) is 128 Å². The average Bonchev–Trinajstić information content (AvgIpc) is 3.18. The number of hydrogen-bond donors (Lipinski definition) is 2. The second-order valence-electron chi connectivity index (χ2n) is 12.1.